The van der Waals surface area contributed by atoms with Gasteiger partial charge in [-0.05, 0) is 41.7 Å². The van der Waals surface area contributed by atoms with Crippen LogP contribution < -0.4 is 26.4 Å². The van der Waals surface area contributed by atoms with Crippen LogP contribution >= 0.6 is 11.6 Å². The number of carbonyl (C=O) groups is 3. The number of hydrogen-bond acceptors (Lipinski definition) is 6. The molecule has 2 aromatic carbocycles. The number of hydrogen-bond donors (Lipinski definition) is 4. The first kappa shape index (κ1) is 28.5. The van der Waals surface area contributed by atoms with Crippen molar-refractivity contribution in [2.45, 2.75) is 50.6 Å². The highest BCUT2D eigenvalue weighted by Crippen LogP contribution is 2.56. The number of aromatic nitrogens is 1. The number of pyridine rings is 1. The molecular weight excluding hydrogens is 549 g/mol. The van der Waals surface area contributed by atoms with Crippen molar-refractivity contribution in [2.75, 3.05) is 17.7 Å². The molecule has 0 radical (unpaired) electrons. The van der Waals surface area contributed by atoms with Gasteiger partial charge in [-0.25, -0.2) is 4.39 Å². The Kier molecular flexibility index (Phi) is 7.25. The Labute approximate surface area is 242 Å². The van der Waals surface area contributed by atoms with Crippen molar-refractivity contribution in [1.29, 1.82) is 0 Å². The molecule has 214 valence electrons. The molecule has 5 rings (SSSR count). The van der Waals surface area contributed by atoms with Crippen LogP contribution in [0.25, 0.3) is 0 Å². The van der Waals surface area contributed by atoms with Crippen molar-refractivity contribution >= 4 is 40.7 Å². The highest BCUT2D eigenvalue weighted by atomic mass is 35.5. The second-order valence-corrected chi connectivity index (χ2v) is 12.0. The summed E-state index contributed by atoms with van der Waals surface area (Å²) in [5.41, 5.74) is 5.54. The minimum absolute atomic E-state index is 0.118. The van der Waals surface area contributed by atoms with Gasteiger partial charge < -0.3 is 26.4 Å². The zero-order valence-corrected chi connectivity index (χ0v) is 23.8. The van der Waals surface area contributed by atoms with Crippen molar-refractivity contribution in [3.8, 4) is 5.75 Å². The van der Waals surface area contributed by atoms with Crippen LogP contribution in [0.1, 0.15) is 54.6 Å². The number of primary amides is 1. The summed E-state index contributed by atoms with van der Waals surface area (Å²) in [7, 11) is 1.38. The van der Waals surface area contributed by atoms with Crippen LogP contribution in [0.15, 0.2) is 54.9 Å². The number of ether oxygens (including phenoxy) is 1. The number of halogens is 2. The minimum Gasteiger partial charge on any atom is -0.496 e. The third-order valence-corrected chi connectivity index (χ3v) is 8.09. The molecule has 9 nitrogen and oxygen atoms in total. The molecule has 11 heteroatoms. The number of rotatable bonds is 6. The number of carbonyl (C=O) groups excluding carboxylic acids is 3. The number of amides is 3. The molecular formula is C30H31ClFN5O4. The number of methoxy groups -OCH3 is 1. The van der Waals surface area contributed by atoms with Crippen molar-refractivity contribution in [1.82, 2.24) is 10.3 Å². The van der Waals surface area contributed by atoms with E-state index in [4.69, 9.17) is 22.1 Å². The predicted molar refractivity (Wildman–Crippen MR) is 154 cm³/mol. The summed E-state index contributed by atoms with van der Waals surface area (Å²) in [6, 6.07) is 9.10. The number of fused-ring (bicyclic) bond motifs is 2. The average Bonchev–Trinajstić information content (AvgIpc) is 3.39. The summed E-state index contributed by atoms with van der Waals surface area (Å²) < 4.78 is 21.1. The van der Waals surface area contributed by atoms with E-state index in [1.54, 1.807) is 30.6 Å². The van der Waals surface area contributed by atoms with E-state index in [2.05, 4.69) is 20.9 Å². The van der Waals surface area contributed by atoms with Crippen molar-refractivity contribution < 1.29 is 23.5 Å². The zero-order chi connectivity index (χ0) is 29.7. The monoisotopic (exact) mass is 579 g/mol. The molecule has 2 aliphatic heterocycles. The minimum atomic E-state index is -1.38. The number of nitrogens with two attached hydrogens (primary N) is 1. The fourth-order valence-corrected chi connectivity index (χ4v) is 6.38. The quantitative estimate of drug-likeness (QED) is 0.342. The summed E-state index contributed by atoms with van der Waals surface area (Å²) in [5.74, 6) is -3.05. The van der Waals surface area contributed by atoms with Gasteiger partial charge in [-0.1, -0.05) is 44.5 Å². The van der Waals surface area contributed by atoms with Crippen LogP contribution in [-0.2, 0) is 15.0 Å². The molecule has 4 atom stereocenters. The first-order chi connectivity index (χ1) is 19.4. The van der Waals surface area contributed by atoms with Gasteiger partial charge in [-0.3, -0.25) is 19.4 Å². The van der Waals surface area contributed by atoms with Gasteiger partial charge >= 0.3 is 0 Å². The number of nitrogens with zero attached hydrogens (tertiary/aromatic N) is 1. The van der Waals surface area contributed by atoms with E-state index in [0.29, 0.717) is 23.4 Å². The zero-order valence-electron chi connectivity index (χ0n) is 23.0. The maximum atomic E-state index is 15.8. The second kappa shape index (κ2) is 10.4. The van der Waals surface area contributed by atoms with Crippen molar-refractivity contribution in [3.63, 3.8) is 0 Å². The van der Waals surface area contributed by atoms with E-state index in [1.165, 1.54) is 31.4 Å². The third-order valence-electron chi connectivity index (χ3n) is 7.79. The van der Waals surface area contributed by atoms with Gasteiger partial charge in [0.15, 0.2) is 0 Å². The van der Waals surface area contributed by atoms with Gasteiger partial charge in [-0.15, -0.1) is 0 Å². The smallest absolute Gasteiger partial charge is 0.252 e. The highest BCUT2D eigenvalue weighted by molar-refractivity contribution is 6.30. The molecule has 2 aliphatic rings. The van der Waals surface area contributed by atoms with Gasteiger partial charge in [0.1, 0.15) is 17.0 Å². The van der Waals surface area contributed by atoms with E-state index < -0.39 is 41.0 Å². The summed E-state index contributed by atoms with van der Waals surface area (Å²) in [5, 5.41) is 9.10. The normalized spacial score (nSPS) is 23.3. The van der Waals surface area contributed by atoms with Crippen molar-refractivity contribution in [2.24, 2.45) is 11.1 Å². The molecule has 3 heterocycles. The van der Waals surface area contributed by atoms with Crippen LogP contribution in [0.3, 0.4) is 0 Å². The summed E-state index contributed by atoms with van der Waals surface area (Å²) in [6.45, 7) is 6.11. The Balaban J connectivity index is 1.68. The summed E-state index contributed by atoms with van der Waals surface area (Å²) in [4.78, 5) is 44.2. The lowest BCUT2D eigenvalue weighted by atomic mass is 9.62. The molecule has 0 saturated carbocycles. The number of benzene rings is 2. The molecule has 41 heavy (non-hydrogen) atoms. The molecule has 3 amide bonds. The van der Waals surface area contributed by atoms with Crippen LogP contribution in [0.4, 0.5) is 15.8 Å². The molecule has 1 fully saturated rings. The fourth-order valence-electron chi connectivity index (χ4n) is 6.20. The lowest BCUT2D eigenvalue weighted by Crippen LogP contribution is -2.49. The lowest BCUT2D eigenvalue weighted by Gasteiger charge is -2.37. The average molecular weight is 580 g/mol. The second-order valence-electron chi connectivity index (χ2n) is 11.6. The molecule has 4 unspecified atom stereocenters. The van der Waals surface area contributed by atoms with Gasteiger partial charge in [-0.2, -0.15) is 0 Å². The third kappa shape index (κ3) is 4.81. The Morgan fingerprint density at radius 3 is 2.66 bits per heavy atom. The van der Waals surface area contributed by atoms with E-state index in [-0.39, 0.29) is 33.2 Å². The fraction of sp³-hybridized carbons (Fsp3) is 0.333. The standard InChI is InChI=1S/C30H31ClFN5O4/c1-29(2,3)13-22-30(18-14-34-11-10-20(18)36-28(30)40)23(17-6-5-7-19(31)24(17)32)25(37-22)27(39)35-15-8-9-16(26(33)38)21(12-15)41-4/h5-12,14,22-23,25,37H,13H2,1-4H3,(H2,33,38)(H,35,39)(H,36,40). The molecule has 3 aromatic rings. The summed E-state index contributed by atoms with van der Waals surface area (Å²) in [6.07, 6.45) is 3.66. The van der Waals surface area contributed by atoms with Crippen molar-refractivity contribution in [3.05, 3.63) is 82.4 Å². The summed E-state index contributed by atoms with van der Waals surface area (Å²) >= 11 is 6.24. The van der Waals surface area contributed by atoms with E-state index >= 15 is 4.39 Å². The topological polar surface area (TPSA) is 135 Å². The first-order valence-corrected chi connectivity index (χ1v) is 13.5. The van der Waals surface area contributed by atoms with E-state index in [9.17, 15) is 14.4 Å². The molecule has 5 N–H and O–H groups in total. The van der Waals surface area contributed by atoms with E-state index in [0.717, 1.165) is 0 Å². The SMILES string of the molecule is COc1cc(NC(=O)C2NC(CC(C)(C)C)C3(C(=O)Nc4ccncc43)C2c2cccc(Cl)c2F)ccc1C(N)=O. The molecule has 1 saturated heterocycles. The Hall–Kier alpha value is -4.02. The van der Waals surface area contributed by atoms with Gasteiger partial charge in [0.05, 0.1) is 23.7 Å². The van der Waals surface area contributed by atoms with E-state index in [1.807, 2.05) is 20.8 Å². The van der Waals surface area contributed by atoms with Crippen LogP contribution in [0.2, 0.25) is 5.02 Å². The highest BCUT2D eigenvalue weighted by Gasteiger charge is 2.66. The maximum absolute atomic E-state index is 15.8. The Bertz CT molecular complexity index is 1560. The molecule has 0 aliphatic carbocycles. The van der Waals surface area contributed by atoms with Crippen LogP contribution in [-0.4, -0.2) is 41.9 Å². The predicted octanol–water partition coefficient (Wildman–Crippen LogP) is 4.37. The first-order valence-electron chi connectivity index (χ1n) is 13.1. The van der Waals surface area contributed by atoms with Gasteiger partial charge in [0.2, 0.25) is 11.8 Å². The van der Waals surface area contributed by atoms with Crippen LogP contribution in [0.5, 0.6) is 5.75 Å². The van der Waals surface area contributed by atoms with Gasteiger partial charge in [0, 0.05) is 47.4 Å². The Morgan fingerprint density at radius 1 is 1.22 bits per heavy atom. The molecule has 1 aromatic heterocycles. The lowest BCUT2D eigenvalue weighted by molar-refractivity contribution is -0.122. The largest absolute Gasteiger partial charge is 0.496 e. The maximum Gasteiger partial charge on any atom is 0.252 e. The number of nitrogens with one attached hydrogen (secondary N) is 3. The molecule has 0 bridgehead atoms. The Morgan fingerprint density at radius 2 is 1.98 bits per heavy atom. The number of anilines is 2. The molecule has 1 spiro atoms. The van der Waals surface area contributed by atoms with Gasteiger partial charge in [0.25, 0.3) is 5.91 Å². The van der Waals surface area contributed by atoms with Crippen LogP contribution in [0, 0.1) is 11.2 Å².